The van der Waals surface area contributed by atoms with Crippen molar-refractivity contribution in [3.05, 3.63) is 70.1 Å². The van der Waals surface area contributed by atoms with E-state index in [9.17, 15) is 22.8 Å². The summed E-state index contributed by atoms with van der Waals surface area (Å²) in [5, 5.41) is 10.1. The Morgan fingerprint density at radius 2 is 1.94 bits per heavy atom. The summed E-state index contributed by atoms with van der Waals surface area (Å²) in [6, 6.07) is 11.2. The Morgan fingerprint density at radius 3 is 2.61 bits per heavy atom. The molecule has 31 heavy (non-hydrogen) atoms. The maximum Gasteiger partial charge on any atom is 0.416 e. The minimum Gasteiger partial charge on any atom is -0.464 e. The van der Waals surface area contributed by atoms with Crippen LogP contribution in [0.25, 0.3) is 5.69 Å². The lowest BCUT2D eigenvalue weighted by atomic mass is 10.2. The summed E-state index contributed by atoms with van der Waals surface area (Å²) in [6.07, 6.45) is -3.88. The smallest absolute Gasteiger partial charge is 0.416 e. The van der Waals surface area contributed by atoms with Crippen molar-refractivity contribution in [1.29, 1.82) is 0 Å². The number of hydrogen-bond acceptors (Lipinski definition) is 6. The molecule has 1 aliphatic rings. The van der Waals surface area contributed by atoms with Crippen molar-refractivity contribution in [3.8, 4) is 5.69 Å². The molecule has 1 atom stereocenters. The van der Waals surface area contributed by atoms with Crippen LogP contribution in [0.1, 0.15) is 17.5 Å². The van der Waals surface area contributed by atoms with Crippen LogP contribution in [0, 0.1) is 0 Å². The van der Waals surface area contributed by atoms with E-state index in [1.807, 2.05) is 12.1 Å². The van der Waals surface area contributed by atoms with Crippen molar-refractivity contribution < 1.29 is 22.7 Å². The van der Waals surface area contributed by atoms with Gasteiger partial charge in [-0.2, -0.15) is 17.9 Å². The van der Waals surface area contributed by atoms with Crippen LogP contribution >= 0.6 is 0 Å². The number of nitrogens with zero attached hydrogens (tertiary/aromatic N) is 2. The summed E-state index contributed by atoms with van der Waals surface area (Å²) in [7, 11) is 0. The quantitative estimate of drug-likeness (QED) is 0.517. The first-order valence-electron chi connectivity index (χ1n) is 9.42. The van der Waals surface area contributed by atoms with Gasteiger partial charge in [-0.15, -0.1) is 5.10 Å². The summed E-state index contributed by atoms with van der Waals surface area (Å²) < 4.78 is 44.5. The Morgan fingerprint density at radius 1 is 1.16 bits per heavy atom. The van der Waals surface area contributed by atoms with Crippen LogP contribution in [0.4, 0.5) is 24.8 Å². The van der Waals surface area contributed by atoms with Gasteiger partial charge in [-0.3, -0.25) is 9.78 Å². The fourth-order valence-electron chi connectivity index (χ4n) is 3.13. The van der Waals surface area contributed by atoms with E-state index in [0.717, 1.165) is 22.4 Å². The average Bonchev–Trinajstić information content (AvgIpc) is 3.32. The molecule has 1 aliphatic heterocycles. The highest BCUT2D eigenvalue weighted by atomic mass is 19.4. The number of benzene rings is 2. The Hall–Kier alpha value is -3.60. The molecule has 0 amide bonds. The standard InChI is InChI=1S/C20H18F3N5O3/c21-20(22,23)13-2-1-3-15(10-13)28-19(30)26-18(27-28)25-14-6-4-12(5-7-14)11-24-16-8-9-31-17(16)29/h1-7,10,16,24H,8-9,11H2,(H2,25,26,27,30)/t16-/m1/s1. The Balaban J connectivity index is 1.43. The molecule has 1 aromatic heterocycles. The molecule has 2 aromatic carbocycles. The van der Waals surface area contributed by atoms with Gasteiger partial charge in [-0.25, -0.2) is 4.79 Å². The molecule has 0 unspecified atom stereocenters. The van der Waals surface area contributed by atoms with E-state index in [1.165, 1.54) is 12.1 Å². The van der Waals surface area contributed by atoms with Gasteiger partial charge >= 0.3 is 17.8 Å². The lowest BCUT2D eigenvalue weighted by Crippen LogP contribution is -2.32. The molecule has 3 N–H and O–H groups in total. The molecule has 3 aromatic rings. The summed E-state index contributed by atoms with van der Waals surface area (Å²) in [5.74, 6) is -0.166. The SMILES string of the molecule is O=C1OCC[C@H]1NCc1ccc(Nc2nn(-c3cccc(C(F)(F)F)c3)c(=O)[nH]2)cc1. The zero-order valence-corrected chi connectivity index (χ0v) is 16.1. The third-order valence-corrected chi connectivity index (χ3v) is 4.74. The number of halogens is 3. The number of alkyl halides is 3. The van der Waals surface area contributed by atoms with E-state index in [4.69, 9.17) is 4.74 Å². The molecule has 0 aliphatic carbocycles. The molecular weight excluding hydrogens is 415 g/mol. The maximum atomic E-state index is 12.9. The number of aromatic amines is 1. The van der Waals surface area contributed by atoms with Crippen LogP contribution in [0.5, 0.6) is 0 Å². The van der Waals surface area contributed by atoms with Gasteiger partial charge in [0.05, 0.1) is 17.9 Å². The summed E-state index contributed by atoms with van der Waals surface area (Å²) in [4.78, 5) is 26.1. The number of esters is 1. The minimum absolute atomic E-state index is 0.00372. The van der Waals surface area contributed by atoms with Gasteiger partial charge < -0.3 is 15.4 Å². The Kier molecular flexibility index (Phi) is 5.51. The molecule has 4 rings (SSSR count). The van der Waals surface area contributed by atoms with Crippen molar-refractivity contribution in [2.24, 2.45) is 0 Å². The number of H-pyrrole nitrogens is 1. The number of ether oxygens (including phenoxy) is 1. The average molecular weight is 433 g/mol. The molecular formula is C20H18F3N5O3. The highest BCUT2D eigenvalue weighted by Crippen LogP contribution is 2.30. The van der Waals surface area contributed by atoms with Gasteiger partial charge in [0.1, 0.15) is 6.04 Å². The number of aromatic nitrogens is 3. The largest absolute Gasteiger partial charge is 0.464 e. The third kappa shape index (κ3) is 4.77. The monoisotopic (exact) mass is 433 g/mol. The second-order valence-electron chi connectivity index (χ2n) is 6.95. The van der Waals surface area contributed by atoms with E-state index >= 15 is 0 Å². The van der Waals surface area contributed by atoms with E-state index in [1.54, 1.807) is 12.1 Å². The number of nitrogens with one attached hydrogen (secondary N) is 3. The lowest BCUT2D eigenvalue weighted by Gasteiger charge is -2.09. The number of cyclic esters (lactones) is 1. The summed E-state index contributed by atoms with van der Waals surface area (Å²) >= 11 is 0. The zero-order valence-electron chi connectivity index (χ0n) is 16.1. The predicted molar refractivity (Wildman–Crippen MR) is 105 cm³/mol. The van der Waals surface area contributed by atoms with Gasteiger partial charge in [0, 0.05) is 18.7 Å². The molecule has 0 saturated carbocycles. The molecule has 0 spiro atoms. The fourth-order valence-corrected chi connectivity index (χ4v) is 3.13. The van der Waals surface area contributed by atoms with Gasteiger partial charge in [0.15, 0.2) is 0 Å². The van der Waals surface area contributed by atoms with E-state index in [0.29, 0.717) is 25.3 Å². The van der Waals surface area contributed by atoms with Gasteiger partial charge in [-0.1, -0.05) is 18.2 Å². The lowest BCUT2D eigenvalue weighted by molar-refractivity contribution is -0.140. The number of anilines is 2. The van der Waals surface area contributed by atoms with Crippen molar-refractivity contribution in [3.63, 3.8) is 0 Å². The number of hydrogen-bond donors (Lipinski definition) is 3. The zero-order chi connectivity index (χ0) is 22.0. The first kappa shape index (κ1) is 20.7. The van der Waals surface area contributed by atoms with Gasteiger partial charge in [-0.05, 0) is 35.9 Å². The van der Waals surface area contributed by atoms with Crippen molar-refractivity contribution in [1.82, 2.24) is 20.1 Å². The third-order valence-electron chi connectivity index (χ3n) is 4.74. The van der Waals surface area contributed by atoms with Crippen LogP contribution in [0.15, 0.2) is 53.3 Å². The molecule has 2 heterocycles. The van der Waals surface area contributed by atoms with Crippen LogP contribution < -0.4 is 16.3 Å². The Labute approximate surface area is 174 Å². The molecule has 8 nitrogen and oxygen atoms in total. The van der Waals surface area contributed by atoms with E-state index in [-0.39, 0.29) is 23.6 Å². The van der Waals surface area contributed by atoms with Crippen molar-refractivity contribution in [2.75, 3.05) is 11.9 Å². The molecule has 11 heteroatoms. The topological polar surface area (TPSA) is 101 Å². The van der Waals surface area contributed by atoms with Crippen LogP contribution in [0.3, 0.4) is 0 Å². The fraction of sp³-hybridized carbons (Fsp3) is 0.250. The first-order chi connectivity index (χ1) is 14.8. The molecule has 0 bridgehead atoms. The van der Waals surface area contributed by atoms with Crippen LogP contribution in [-0.2, 0) is 22.3 Å². The van der Waals surface area contributed by atoms with Gasteiger partial charge in [0.25, 0.3) is 0 Å². The highest BCUT2D eigenvalue weighted by molar-refractivity contribution is 5.77. The van der Waals surface area contributed by atoms with E-state index < -0.39 is 17.4 Å². The van der Waals surface area contributed by atoms with E-state index in [2.05, 4.69) is 20.7 Å². The molecule has 0 radical (unpaired) electrons. The predicted octanol–water partition coefficient (Wildman–Crippen LogP) is 2.73. The van der Waals surface area contributed by atoms with Crippen LogP contribution in [0.2, 0.25) is 0 Å². The second-order valence-corrected chi connectivity index (χ2v) is 6.95. The minimum atomic E-state index is -4.52. The van der Waals surface area contributed by atoms with Gasteiger partial charge in [0.2, 0.25) is 5.95 Å². The number of carbonyl (C=O) groups excluding carboxylic acids is 1. The number of carbonyl (C=O) groups is 1. The second kappa shape index (κ2) is 8.26. The molecule has 162 valence electrons. The summed E-state index contributed by atoms with van der Waals surface area (Å²) in [6.45, 7) is 0.908. The number of rotatable bonds is 6. The highest BCUT2D eigenvalue weighted by Gasteiger charge is 2.30. The Bertz CT molecular complexity index is 1140. The molecule has 1 saturated heterocycles. The first-order valence-corrected chi connectivity index (χ1v) is 9.42. The maximum absolute atomic E-state index is 12.9. The van der Waals surface area contributed by atoms with Crippen LogP contribution in [-0.4, -0.2) is 33.4 Å². The van der Waals surface area contributed by atoms with Crippen molar-refractivity contribution in [2.45, 2.75) is 25.2 Å². The normalized spacial score (nSPS) is 16.4. The van der Waals surface area contributed by atoms with Crippen molar-refractivity contribution >= 4 is 17.6 Å². The summed E-state index contributed by atoms with van der Waals surface area (Å²) in [5.41, 5.74) is 0.00811. The molecule has 1 fully saturated rings.